The molecule has 1 aliphatic rings. The second-order valence-electron chi connectivity index (χ2n) is 3.50. The van der Waals surface area contributed by atoms with Crippen LogP contribution in [0.25, 0.3) is 0 Å². The highest BCUT2D eigenvalue weighted by Crippen LogP contribution is 2.29. The first kappa shape index (κ1) is 9.92. The number of nitrogens with two attached hydrogens (primary N) is 1. The fourth-order valence-electron chi connectivity index (χ4n) is 1.21. The maximum Gasteiger partial charge on any atom is 0.341 e. The van der Waals surface area contributed by atoms with Crippen molar-refractivity contribution in [2.24, 2.45) is 5.73 Å². The number of carbonyl (C=O) groups is 1. The Kier molecular flexibility index (Phi) is 2.55. The summed E-state index contributed by atoms with van der Waals surface area (Å²) in [6, 6.07) is 1.60. The van der Waals surface area contributed by atoms with Crippen LogP contribution < -0.4 is 10.5 Å². The molecule has 80 valence electrons. The van der Waals surface area contributed by atoms with E-state index < -0.39 is 5.97 Å². The summed E-state index contributed by atoms with van der Waals surface area (Å²) < 4.78 is 5.48. The van der Waals surface area contributed by atoms with E-state index in [0.29, 0.717) is 11.4 Å². The molecule has 0 atom stereocenters. The number of pyridine rings is 1. The van der Waals surface area contributed by atoms with Crippen LogP contribution >= 0.6 is 0 Å². The number of carboxylic acids is 1. The minimum absolute atomic E-state index is 0.0964. The molecule has 0 spiro atoms. The summed E-state index contributed by atoms with van der Waals surface area (Å²) in [6.07, 6.45) is 3.43. The summed E-state index contributed by atoms with van der Waals surface area (Å²) in [5.74, 6) is -0.651. The lowest BCUT2D eigenvalue weighted by Crippen LogP contribution is -2.08. The fraction of sp³-hybridized carbons (Fsp3) is 0.400. The Bertz CT molecular complexity index is 388. The second-order valence-corrected chi connectivity index (χ2v) is 3.50. The Labute approximate surface area is 86.9 Å². The van der Waals surface area contributed by atoms with E-state index in [1.54, 1.807) is 6.07 Å². The molecule has 15 heavy (non-hydrogen) atoms. The minimum atomic E-state index is -1.03. The van der Waals surface area contributed by atoms with Crippen LogP contribution in [0, 0.1) is 0 Å². The number of aromatic carboxylic acids is 1. The van der Waals surface area contributed by atoms with Gasteiger partial charge < -0.3 is 15.6 Å². The standard InChI is InChI=1S/C10H12N2O3/c11-4-6-3-9(15-7-1-2-7)8(5-12-6)10(13)14/h3,5,7H,1-2,4,11H2,(H,13,14). The molecule has 0 saturated heterocycles. The van der Waals surface area contributed by atoms with Gasteiger partial charge in [0.05, 0.1) is 11.8 Å². The third-order valence-electron chi connectivity index (χ3n) is 2.18. The number of nitrogens with zero attached hydrogens (tertiary/aromatic N) is 1. The van der Waals surface area contributed by atoms with E-state index in [2.05, 4.69) is 4.98 Å². The molecule has 0 amide bonds. The van der Waals surface area contributed by atoms with Crippen LogP contribution in [0.3, 0.4) is 0 Å². The van der Waals surface area contributed by atoms with Crippen molar-refractivity contribution in [2.75, 3.05) is 0 Å². The van der Waals surface area contributed by atoms with Gasteiger partial charge >= 0.3 is 5.97 Å². The highest BCUT2D eigenvalue weighted by Gasteiger charge is 2.26. The summed E-state index contributed by atoms with van der Waals surface area (Å²) in [5, 5.41) is 8.91. The maximum absolute atomic E-state index is 10.9. The summed E-state index contributed by atoms with van der Waals surface area (Å²) in [6.45, 7) is 0.279. The first-order valence-electron chi connectivity index (χ1n) is 4.79. The van der Waals surface area contributed by atoms with Crippen LogP contribution in [0.5, 0.6) is 5.75 Å². The van der Waals surface area contributed by atoms with Gasteiger partial charge in [-0.3, -0.25) is 4.98 Å². The number of hydrogen-bond donors (Lipinski definition) is 2. The summed E-state index contributed by atoms with van der Waals surface area (Å²) >= 11 is 0. The van der Waals surface area contributed by atoms with Gasteiger partial charge in [-0.25, -0.2) is 4.79 Å². The third-order valence-corrected chi connectivity index (χ3v) is 2.18. The van der Waals surface area contributed by atoms with Crippen molar-refractivity contribution >= 4 is 5.97 Å². The Hall–Kier alpha value is -1.62. The molecule has 0 radical (unpaired) electrons. The third kappa shape index (κ3) is 2.24. The zero-order chi connectivity index (χ0) is 10.8. The van der Waals surface area contributed by atoms with Gasteiger partial charge in [0, 0.05) is 18.8 Å². The Morgan fingerprint density at radius 1 is 1.67 bits per heavy atom. The molecule has 0 bridgehead atoms. The molecular formula is C10H12N2O3. The largest absolute Gasteiger partial charge is 0.489 e. The van der Waals surface area contributed by atoms with Crippen molar-refractivity contribution in [3.63, 3.8) is 0 Å². The molecule has 1 aromatic rings. The van der Waals surface area contributed by atoms with Crippen LogP contribution in [0.1, 0.15) is 28.9 Å². The Balaban J connectivity index is 2.30. The molecule has 0 unspecified atom stereocenters. The van der Waals surface area contributed by atoms with Crippen molar-refractivity contribution in [3.8, 4) is 5.75 Å². The number of ether oxygens (including phenoxy) is 1. The van der Waals surface area contributed by atoms with Crippen molar-refractivity contribution in [1.82, 2.24) is 4.98 Å². The van der Waals surface area contributed by atoms with Crippen LogP contribution in [0.4, 0.5) is 0 Å². The van der Waals surface area contributed by atoms with E-state index in [4.69, 9.17) is 15.6 Å². The molecule has 1 saturated carbocycles. The van der Waals surface area contributed by atoms with E-state index in [1.807, 2.05) is 0 Å². The SMILES string of the molecule is NCc1cc(OC2CC2)c(C(=O)O)cn1. The maximum atomic E-state index is 10.9. The molecule has 0 aromatic carbocycles. The second kappa shape index (κ2) is 3.86. The van der Waals surface area contributed by atoms with Gasteiger partial charge in [0.2, 0.25) is 0 Å². The summed E-state index contributed by atoms with van der Waals surface area (Å²) in [7, 11) is 0. The number of hydrogen-bond acceptors (Lipinski definition) is 4. The monoisotopic (exact) mass is 208 g/mol. The smallest absolute Gasteiger partial charge is 0.341 e. The van der Waals surface area contributed by atoms with Crippen LogP contribution in [-0.2, 0) is 6.54 Å². The van der Waals surface area contributed by atoms with E-state index in [1.165, 1.54) is 6.20 Å². The molecular weight excluding hydrogens is 196 g/mol. The molecule has 0 aliphatic heterocycles. The van der Waals surface area contributed by atoms with Gasteiger partial charge in [0.1, 0.15) is 11.3 Å². The molecule has 5 heteroatoms. The van der Waals surface area contributed by atoms with Gasteiger partial charge in [-0.2, -0.15) is 0 Å². The summed E-state index contributed by atoms with van der Waals surface area (Å²) in [5.41, 5.74) is 6.16. The number of carboxylic acid groups (broad SMARTS) is 1. The summed E-state index contributed by atoms with van der Waals surface area (Å²) in [4.78, 5) is 14.8. The number of rotatable bonds is 4. The van der Waals surface area contributed by atoms with Crippen molar-refractivity contribution in [3.05, 3.63) is 23.5 Å². The van der Waals surface area contributed by atoms with Gasteiger partial charge in [-0.05, 0) is 12.8 Å². The van der Waals surface area contributed by atoms with Gasteiger partial charge in [0.25, 0.3) is 0 Å². The van der Waals surface area contributed by atoms with Crippen LogP contribution in [0.15, 0.2) is 12.3 Å². The predicted octanol–water partition coefficient (Wildman–Crippen LogP) is 0.780. The van der Waals surface area contributed by atoms with E-state index >= 15 is 0 Å². The lowest BCUT2D eigenvalue weighted by molar-refractivity contribution is 0.0691. The van der Waals surface area contributed by atoms with Crippen molar-refractivity contribution in [1.29, 1.82) is 0 Å². The predicted molar refractivity (Wildman–Crippen MR) is 52.7 cm³/mol. The topological polar surface area (TPSA) is 85.4 Å². The fourth-order valence-corrected chi connectivity index (χ4v) is 1.21. The number of aromatic nitrogens is 1. The average molecular weight is 208 g/mol. The average Bonchev–Trinajstić information content (AvgIpc) is 3.01. The quantitative estimate of drug-likeness (QED) is 0.763. The molecule has 2 rings (SSSR count). The zero-order valence-electron chi connectivity index (χ0n) is 8.14. The first-order valence-corrected chi connectivity index (χ1v) is 4.79. The van der Waals surface area contributed by atoms with E-state index in [0.717, 1.165) is 12.8 Å². The molecule has 1 aromatic heterocycles. The lowest BCUT2D eigenvalue weighted by atomic mass is 10.2. The highest BCUT2D eigenvalue weighted by molar-refractivity contribution is 5.90. The highest BCUT2D eigenvalue weighted by atomic mass is 16.5. The van der Waals surface area contributed by atoms with Gasteiger partial charge in [0.15, 0.2) is 0 Å². The molecule has 5 nitrogen and oxygen atoms in total. The minimum Gasteiger partial charge on any atom is -0.489 e. The van der Waals surface area contributed by atoms with Gasteiger partial charge in [-0.1, -0.05) is 0 Å². The zero-order valence-corrected chi connectivity index (χ0v) is 8.14. The van der Waals surface area contributed by atoms with Gasteiger partial charge in [-0.15, -0.1) is 0 Å². The van der Waals surface area contributed by atoms with E-state index in [9.17, 15) is 4.79 Å². The normalized spacial score (nSPS) is 15.0. The Morgan fingerprint density at radius 2 is 2.40 bits per heavy atom. The lowest BCUT2D eigenvalue weighted by Gasteiger charge is -2.08. The van der Waals surface area contributed by atoms with Crippen LogP contribution in [0.2, 0.25) is 0 Å². The molecule has 1 heterocycles. The first-order chi connectivity index (χ1) is 7.20. The molecule has 1 fully saturated rings. The van der Waals surface area contributed by atoms with Crippen LogP contribution in [-0.4, -0.2) is 22.2 Å². The Morgan fingerprint density at radius 3 is 2.93 bits per heavy atom. The van der Waals surface area contributed by atoms with Crippen molar-refractivity contribution in [2.45, 2.75) is 25.5 Å². The van der Waals surface area contributed by atoms with E-state index in [-0.39, 0.29) is 18.2 Å². The molecule has 3 N–H and O–H groups in total. The molecule has 1 aliphatic carbocycles. The van der Waals surface area contributed by atoms with Crippen molar-refractivity contribution < 1.29 is 14.6 Å².